The minimum absolute atomic E-state index is 0.151. The van der Waals surface area contributed by atoms with Gasteiger partial charge in [-0.1, -0.05) is 20.8 Å². The second-order valence-corrected chi connectivity index (χ2v) is 8.30. The molecule has 0 aliphatic carbocycles. The zero-order valence-electron chi connectivity index (χ0n) is 16.7. The van der Waals surface area contributed by atoms with Crippen LogP contribution in [0.1, 0.15) is 50.4 Å². The highest BCUT2D eigenvalue weighted by Gasteiger charge is 2.43. The summed E-state index contributed by atoms with van der Waals surface area (Å²) in [7, 11) is 0. The van der Waals surface area contributed by atoms with Crippen LogP contribution in [0.25, 0.3) is 0 Å². The number of nitrogens with zero attached hydrogens (tertiary/aromatic N) is 4. The molecule has 5 heteroatoms. The van der Waals surface area contributed by atoms with Crippen molar-refractivity contribution < 1.29 is 4.79 Å². The molecule has 144 valence electrons. The maximum absolute atomic E-state index is 12.8. The van der Waals surface area contributed by atoms with Gasteiger partial charge in [0.2, 0.25) is 0 Å². The predicted molar refractivity (Wildman–Crippen MR) is 105 cm³/mol. The molecule has 2 aliphatic heterocycles. The van der Waals surface area contributed by atoms with Gasteiger partial charge < -0.3 is 9.80 Å². The average molecular weight is 359 g/mol. The topological polar surface area (TPSA) is 39.7 Å². The van der Waals surface area contributed by atoms with E-state index >= 15 is 0 Å². The molecule has 0 saturated carbocycles. The van der Waals surface area contributed by atoms with Crippen molar-refractivity contribution in [1.82, 2.24) is 19.7 Å². The lowest BCUT2D eigenvalue weighted by atomic mass is 9.91. The molecule has 0 bridgehead atoms. The Kier molecular flexibility index (Phi) is 6.30. The summed E-state index contributed by atoms with van der Waals surface area (Å²) in [6.07, 6.45) is 6.89. The molecular formula is C21H34N4O. The summed E-state index contributed by atoms with van der Waals surface area (Å²) < 4.78 is 0. The standard InChI is InChI=1S/C21H34N4O/c1-4-21(25-15-13-23(14-16-25)11-7-18(2)3)8-12-24(17-21)20(26)19-5-9-22-10-6-19/h5-6,9-10,18H,4,7-8,11-17H2,1-3H3. The Labute approximate surface area is 158 Å². The van der Waals surface area contributed by atoms with E-state index in [2.05, 4.69) is 35.6 Å². The number of hydrogen-bond donors (Lipinski definition) is 0. The van der Waals surface area contributed by atoms with Crippen molar-refractivity contribution in [3.8, 4) is 0 Å². The van der Waals surface area contributed by atoms with E-state index in [1.54, 1.807) is 12.4 Å². The normalized spacial score (nSPS) is 25.2. The summed E-state index contributed by atoms with van der Waals surface area (Å²) in [4.78, 5) is 24.1. The Balaban J connectivity index is 1.58. The van der Waals surface area contributed by atoms with Gasteiger partial charge in [0.25, 0.3) is 5.91 Å². The van der Waals surface area contributed by atoms with Crippen LogP contribution in [-0.4, -0.2) is 76.9 Å². The van der Waals surface area contributed by atoms with Crippen LogP contribution in [0.2, 0.25) is 0 Å². The van der Waals surface area contributed by atoms with Crippen molar-refractivity contribution in [3.63, 3.8) is 0 Å². The minimum atomic E-state index is 0.151. The fourth-order valence-corrected chi connectivity index (χ4v) is 4.36. The number of hydrogen-bond acceptors (Lipinski definition) is 4. The largest absolute Gasteiger partial charge is 0.337 e. The van der Waals surface area contributed by atoms with Crippen LogP contribution in [0, 0.1) is 5.92 Å². The summed E-state index contributed by atoms with van der Waals surface area (Å²) in [5, 5.41) is 0. The van der Waals surface area contributed by atoms with E-state index < -0.39 is 0 Å². The van der Waals surface area contributed by atoms with E-state index in [9.17, 15) is 4.79 Å². The fourth-order valence-electron chi connectivity index (χ4n) is 4.36. The molecule has 1 atom stereocenters. The molecule has 0 aromatic carbocycles. The third-order valence-electron chi connectivity index (χ3n) is 6.27. The maximum Gasteiger partial charge on any atom is 0.254 e. The predicted octanol–water partition coefficient (Wildman–Crippen LogP) is 2.74. The summed E-state index contributed by atoms with van der Waals surface area (Å²) in [6.45, 7) is 14.4. The first-order valence-corrected chi connectivity index (χ1v) is 10.2. The maximum atomic E-state index is 12.8. The summed E-state index contributed by atoms with van der Waals surface area (Å²) >= 11 is 0. The summed E-state index contributed by atoms with van der Waals surface area (Å²) in [5.41, 5.74) is 0.915. The van der Waals surface area contributed by atoms with Gasteiger partial charge in [-0.15, -0.1) is 0 Å². The smallest absolute Gasteiger partial charge is 0.254 e. The number of carbonyl (C=O) groups excluding carboxylic acids is 1. The van der Waals surface area contributed by atoms with Crippen LogP contribution in [0.5, 0.6) is 0 Å². The number of amides is 1. The van der Waals surface area contributed by atoms with Crippen LogP contribution in [-0.2, 0) is 0 Å². The fraction of sp³-hybridized carbons (Fsp3) is 0.714. The van der Waals surface area contributed by atoms with E-state index in [-0.39, 0.29) is 11.4 Å². The monoisotopic (exact) mass is 358 g/mol. The number of pyridine rings is 1. The summed E-state index contributed by atoms with van der Waals surface area (Å²) in [6, 6.07) is 3.64. The van der Waals surface area contributed by atoms with Gasteiger partial charge in [0.15, 0.2) is 0 Å². The second kappa shape index (κ2) is 8.49. The highest BCUT2D eigenvalue weighted by atomic mass is 16.2. The molecule has 3 heterocycles. The highest BCUT2D eigenvalue weighted by Crippen LogP contribution is 2.33. The van der Waals surface area contributed by atoms with Crippen LogP contribution in [0.15, 0.2) is 24.5 Å². The third-order valence-corrected chi connectivity index (χ3v) is 6.27. The molecule has 2 saturated heterocycles. The van der Waals surface area contributed by atoms with Gasteiger partial charge in [-0.3, -0.25) is 14.7 Å². The van der Waals surface area contributed by atoms with Crippen molar-refractivity contribution >= 4 is 5.91 Å². The molecule has 0 N–H and O–H groups in total. The van der Waals surface area contributed by atoms with Crippen LogP contribution in [0.4, 0.5) is 0 Å². The zero-order valence-corrected chi connectivity index (χ0v) is 16.7. The molecule has 2 fully saturated rings. The molecule has 3 rings (SSSR count). The van der Waals surface area contributed by atoms with Gasteiger partial charge in [-0.2, -0.15) is 0 Å². The van der Waals surface area contributed by atoms with E-state index in [1.165, 1.54) is 13.0 Å². The van der Waals surface area contributed by atoms with E-state index in [4.69, 9.17) is 0 Å². The van der Waals surface area contributed by atoms with Gasteiger partial charge in [0.05, 0.1) is 0 Å². The van der Waals surface area contributed by atoms with Crippen LogP contribution < -0.4 is 0 Å². The molecule has 1 aromatic rings. The molecule has 5 nitrogen and oxygen atoms in total. The number of piperazine rings is 1. The first-order valence-electron chi connectivity index (χ1n) is 10.2. The van der Waals surface area contributed by atoms with E-state index in [0.717, 1.165) is 63.6 Å². The molecule has 2 aliphatic rings. The van der Waals surface area contributed by atoms with Gasteiger partial charge in [-0.05, 0) is 43.9 Å². The SMILES string of the molecule is CCC1(N2CCN(CCC(C)C)CC2)CCN(C(=O)c2ccncc2)C1. The van der Waals surface area contributed by atoms with Crippen molar-refractivity contribution in [2.75, 3.05) is 45.8 Å². The highest BCUT2D eigenvalue weighted by molar-refractivity contribution is 5.94. The molecule has 1 unspecified atom stereocenters. The Morgan fingerprint density at radius 2 is 1.85 bits per heavy atom. The summed E-state index contributed by atoms with van der Waals surface area (Å²) in [5.74, 6) is 0.927. The Morgan fingerprint density at radius 3 is 2.46 bits per heavy atom. The van der Waals surface area contributed by atoms with Crippen molar-refractivity contribution in [2.24, 2.45) is 5.92 Å². The lowest BCUT2D eigenvalue weighted by Crippen LogP contribution is -2.58. The zero-order chi connectivity index (χ0) is 18.6. The van der Waals surface area contributed by atoms with Gasteiger partial charge >= 0.3 is 0 Å². The molecule has 1 aromatic heterocycles. The molecule has 0 spiro atoms. The lowest BCUT2D eigenvalue weighted by Gasteiger charge is -2.45. The van der Waals surface area contributed by atoms with Gasteiger partial charge in [0, 0.05) is 62.8 Å². The number of rotatable bonds is 6. The Hall–Kier alpha value is -1.46. The molecule has 0 radical (unpaired) electrons. The first kappa shape index (κ1) is 19.3. The molecule has 1 amide bonds. The second-order valence-electron chi connectivity index (χ2n) is 8.30. The average Bonchev–Trinajstić information content (AvgIpc) is 3.13. The number of carbonyl (C=O) groups is 1. The Bertz CT molecular complexity index is 583. The van der Waals surface area contributed by atoms with Crippen molar-refractivity contribution in [2.45, 2.75) is 45.6 Å². The Morgan fingerprint density at radius 1 is 1.15 bits per heavy atom. The van der Waals surface area contributed by atoms with Crippen LogP contribution >= 0.6 is 0 Å². The third kappa shape index (κ3) is 4.26. The van der Waals surface area contributed by atoms with Crippen LogP contribution in [0.3, 0.4) is 0 Å². The molecular weight excluding hydrogens is 324 g/mol. The van der Waals surface area contributed by atoms with Crippen molar-refractivity contribution in [3.05, 3.63) is 30.1 Å². The quantitative estimate of drug-likeness (QED) is 0.784. The number of aromatic nitrogens is 1. The van der Waals surface area contributed by atoms with Gasteiger partial charge in [-0.25, -0.2) is 0 Å². The minimum Gasteiger partial charge on any atom is -0.337 e. The lowest BCUT2D eigenvalue weighted by molar-refractivity contribution is 0.0310. The van der Waals surface area contributed by atoms with E-state index in [0.29, 0.717) is 0 Å². The first-order chi connectivity index (χ1) is 12.5. The van der Waals surface area contributed by atoms with Crippen molar-refractivity contribution in [1.29, 1.82) is 0 Å². The van der Waals surface area contributed by atoms with E-state index in [1.807, 2.05) is 17.0 Å². The van der Waals surface area contributed by atoms with Gasteiger partial charge in [0.1, 0.15) is 0 Å². The molecule has 26 heavy (non-hydrogen) atoms. The number of likely N-dealkylation sites (tertiary alicyclic amines) is 1.